The van der Waals surface area contributed by atoms with Crippen LogP contribution in [0.15, 0.2) is 36.9 Å². The molecule has 0 spiro atoms. The maximum Gasteiger partial charge on any atom is 0.310 e. The molecule has 1 aromatic rings. The number of hydrogen-bond acceptors (Lipinski definition) is 5. The summed E-state index contributed by atoms with van der Waals surface area (Å²) < 4.78 is 10.5. The van der Waals surface area contributed by atoms with Gasteiger partial charge in [0.2, 0.25) is 0 Å². The van der Waals surface area contributed by atoms with E-state index in [4.69, 9.17) is 9.47 Å². The van der Waals surface area contributed by atoms with Gasteiger partial charge in [0, 0.05) is 6.54 Å². The minimum atomic E-state index is -0.985. The Morgan fingerprint density at radius 3 is 2.96 bits per heavy atom. The topological polar surface area (TPSA) is 93.7 Å². The van der Waals surface area contributed by atoms with Gasteiger partial charge in [-0.25, -0.2) is 0 Å². The minimum absolute atomic E-state index is 0.279. The highest BCUT2D eigenvalue weighted by Gasteiger charge is 2.31. The predicted octanol–water partition coefficient (Wildman–Crippen LogP) is 1.01. The normalized spacial score (nSPS) is 17.1. The zero-order valence-electron chi connectivity index (χ0n) is 12.7. The molecule has 122 valence electrons. The van der Waals surface area contributed by atoms with Gasteiger partial charge in [-0.3, -0.25) is 14.4 Å². The summed E-state index contributed by atoms with van der Waals surface area (Å²) in [5.41, 5.74) is 0.555. The number of nitrogens with one attached hydrogen (secondary N) is 2. The summed E-state index contributed by atoms with van der Waals surface area (Å²) in [6.45, 7) is 5.21. The summed E-state index contributed by atoms with van der Waals surface area (Å²) in [5.74, 6) is -1.06. The van der Waals surface area contributed by atoms with Crippen LogP contribution in [0.3, 0.4) is 0 Å². The van der Waals surface area contributed by atoms with Crippen LogP contribution in [-0.2, 0) is 19.1 Å². The lowest BCUT2D eigenvalue weighted by Crippen LogP contribution is -2.41. The Labute approximate surface area is 133 Å². The number of anilines is 1. The van der Waals surface area contributed by atoms with Crippen molar-refractivity contribution >= 4 is 23.5 Å². The molecule has 0 aromatic heterocycles. The largest absolute Gasteiger partial charge is 0.478 e. The number of amides is 2. The molecule has 0 bridgehead atoms. The lowest BCUT2D eigenvalue weighted by Gasteiger charge is -2.25. The molecule has 0 radical (unpaired) electrons. The standard InChI is InChI=1S/C16H18N2O5/c1-3-8-17-15(20)10(2)22-14(19)9-13-16(21)18-11-6-4-5-7-12(11)23-13/h3-7,10,13H,1,8-9H2,2H3,(H,17,20)(H,18,21)/t10-,13-/m0/s1. The van der Waals surface area contributed by atoms with Crippen LogP contribution in [-0.4, -0.2) is 36.5 Å². The molecule has 0 saturated carbocycles. The molecule has 0 aliphatic carbocycles. The van der Waals surface area contributed by atoms with Crippen molar-refractivity contribution in [3.63, 3.8) is 0 Å². The third-order valence-corrected chi connectivity index (χ3v) is 3.16. The van der Waals surface area contributed by atoms with Gasteiger partial charge in [0.1, 0.15) is 5.75 Å². The summed E-state index contributed by atoms with van der Waals surface area (Å²) in [6, 6.07) is 6.92. The zero-order chi connectivity index (χ0) is 16.8. The molecule has 2 atom stereocenters. The monoisotopic (exact) mass is 318 g/mol. The maximum absolute atomic E-state index is 11.9. The van der Waals surface area contributed by atoms with Crippen LogP contribution in [0.1, 0.15) is 13.3 Å². The van der Waals surface area contributed by atoms with Gasteiger partial charge in [-0.1, -0.05) is 18.2 Å². The van der Waals surface area contributed by atoms with Crippen molar-refractivity contribution in [3.8, 4) is 5.75 Å². The average Bonchev–Trinajstić information content (AvgIpc) is 2.53. The minimum Gasteiger partial charge on any atom is -0.478 e. The van der Waals surface area contributed by atoms with Crippen molar-refractivity contribution in [1.82, 2.24) is 5.32 Å². The summed E-state index contributed by atoms with van der Waals surface area (Å²) in [7, 11) is 0. The van der Waals surface area contributed by atoms with Crippen LogP contribution in [0.5, 0.6) is 5.75 Å². The zero-order valence-corrected chi connectivity index (χ0v) is 12.7. The number of ether oxygens (including phenoxy) is 2. The van der Waals surface area contributed by atoms with Crippen LogP contribution < -0.4 is 15.4 Å². The molecule has 0 fully saturated rings. The second kappa shape index (κ2) is 7.44. The fraction of sp³-hybridized carbons (Fsp3) is 0.312. The third-order valence-electron chi connectivity index (χ3n) is 3.16. The molecule has 2 rings (SSSR count). The first-order valence-electron chi connectivity index (χ1n) is 7.16. The number of carbonyl (C=O) groups excluding carboxylic acids is 3. The lowest BCUT2D eigenvalue weighted by molar-refractivity contribution is -0.157. The van der Waals surface area contributed by atoms with Gasteiger partial charge in [0.25, 0.3) is 11.8 Å². The second-order valence-electron chi connectivity index (χ2n) is 4.96. The van der Waals surface area contributed by atoms with Gasteiger partial charge in [0.15, 0.2) is 12.2 Å². The van der Waals surface area contributed by atoms with E-state index in [0.29, 0.717) is 11.4 Å². The highest BCUT2D eigenvalue weighted by Crippen LogP contribution is 2.29. The first-order chi connectivity index (χ1) is 11.0. The number of rotatable bonds is 6. The molecule has 23 heavy (non-hydrogen) atoms. The quantitative estimate of drug-likeness (QED) is 0.603. The van der Waals surface area contributed by atoms with E-state index in [1.807, 2.05) is 0 Å². The van der Waals surface area contributed by atoms with E-state index >= 15 is 0 Å². The van der Waals surface area contributed by atoms with Gasteiger partial charge in [0.05, 0.1) is 12.1 Å². The molecule has 1 aromatic carbocycles. The highest BCUT2D eigenvalue weighted by molar-refractivity contribution is 5.99. The van der Waals surface area contributed by atoms with Crippen molar-refractivity contribution < 1.29 is 23.9 Å². The molecule has 7 nitrogen and oxygen atoms in total. The smallest absolute Gasteiger partial charge is 0.310 e. The van der Waals surface area contributed by atoms with E-state index in [-0.39, 0.29) is 13.0 Å². The summed E-state index contributed by atoms with van der Waals surface area (Å²) >= 11 is 0. The summed E-state index contributed by atoms with van der Waals surface area (Å²) in [6.07, 6.45) is -0.703. The summed E-state index contributed by atoms with van der Waals surface area (Å²) in [5, 5.41) is 5.18. The number of esters is 1. The average molecular weight is 318 g/mol. The van der Waals surface area contributed by atoms with Crippen LogP contribution in [0.25, 0.3) is 0 Å². The van der Waals surface area contributed by atoms with Gasteiger partial charge < -0.3 is 20.1 Å². The number of fused-ring (bicyclic) bond motifs is 1. The van der Waals surface area contributed by atoms with Crippen molar-refractivity contribution in [2.24, 2.45) is 0 Å². The molecule has 1 aliphatic rings. The fourth-order valence-corrected chi connectivity index (χ4v) is 1.99. The molecule has 0 unspecified atom stereocenters. The molecule has 0 saturated heterocycles. The van der Waals surface area contributed by atoms with Gasteiger partial charge >= 0.3 is 5.97 Å². The van der Waals surface area contributed by atoms with E-state index < -0.39 is 30.0 Å². The molecule has 2 amide bonds. The third kappa shape index (κ3) is 4.32. The molecular weight excluding hydrogens is 300 g/mol. The molecule has 1 aliphatic heterocycles. The van der Waals surface area contributed by atoms with Crippen LogP contribution in [0.2, 0.25) is 0 Å². The predicted molar refractivity (Wildman–Crippen MR) is 82.9 cm³/mol. The van der Waals surface area contributed by atoms with E-state index in [1.54, 1.807) is 24.3 Å². The first-order valence-corrected chi connectivity index (χ1v) is 7.16. The molecule has 2 N–H and O–H groups in total. The van der Waals surface area contributed by atoms with Crippen molar-refractivity contribution in [2.45, 2.75) is 25.6 Å². The maximum atomic E-state index is 11.9. The van der Waals surface area contributed by atoms with Gasteiger partial charge in [-0.05, 0) is 19.1 Å². The Morgan fingerprint density at radius 2 is 2.22 bits per heavy atom. The van der Waals surface area contributed by atoms with Crippen molar-refractivity contribution in [3.05, 3.63) is 36.9 Å². The molecular formula is C16H18N2O5. The van der Waals surface area contributed by atoms with E-state index in [1.165, 1.54) is 13.0 Å². The van der Waals surface area contributed by atoms with Gasteiger partial charge in [-0.15, -0.1) is 6.58 Å². The van der Waals surface area contributed by atoms with Crippen LogP contribution in [0, 0.1) is 0 Å². The Hall–Kier alpha value is -2.83. The van der Waals surface area contributed by atoms with Crippen LogP contribution >= 0.6 is 0 Å². The fourth-order valence-electron chi connectivity index (χ4n) is 1.99. The van der Waals surface area contributed by atoms with Crippen molar-refractivity contribution in [1.29, 1.82) is 0 Å². The van der Waals surface area contributed by atoms with E-state index in [0.717, 1.165) is 0 Å². The van der Waals surface area contributed by atoms with E-state index in [9.17, 15) is 14.4 Å². The molecule has 1 heterocycles. The second-order valence-corrected chi connectivity index (χ2v) is 4.96. The first kappa shape index (κ1) is 16.5. The number of benzene rings is 1. The van der Waals surface area contributed by atoms with Crippen LogP contribution in [0.4, 0.5) is 5.69 Å². The van der Waals surface area contributed by atoms with E-state index in [2.05, 4.69) is 17.2 Å². The lowest BCUT2D eigenvalue weighted by atomic mass is 10.1. The number of carbonyl (C=O) groups is 3. The Balaban J connectivity index is 1.89. The Morgan fingerprint density at radius 1 is 1.48 bits per heavy atom. The Kier molecular flexibility index (Phi) is 5.35. The summed E-state index contributed by atoms with van der Waals surface area (Å²) in [4.78, 5) is 35.4. The van der Waals surface area contributed by atoms with Gasteiger partial charge in [-0.2, -0.15) is 0 Å². The molecule has 7 heteroatoms. The SMILES string of the molecule is C=CCNC(=O)[C@H](C)OC(=O)C[C@@H]1Oc2ccccc2NC1=O. The van der Waals surface area contributed by atoms with Crippen molar-refractivity contribution in [2.75, 3.05) is 11.9 Å². The number of para-hydroxylation sites is 2. The number of hydrogen-bond donors (Lipinski definition) is 2. The highest BCUT2D eigenvalue weighted by atomic mass is 16.6. The Bertz CT molecular complexity index is 629.